The number of unbranched alkanes of at least 4 members (excludes halogenated alkanes) is 17. The number of aliphatic hydroxyl groups excluding tert-OH is 3. The summed E-state index contributed by atoms with van der Waals surface area (Å²) in [7, 11) is 0. The second kappa shape index (κ2) is 28.3. The highest BCUT2D eigenvalue weighted by Crippen LogP contribution is 2.36. The number of aliphatic hydroxyl groups is 3. The predicted molar refractivity (Wildman–Crippen MR) is 217 cm³/mol. The summed E-state index contributed by atoms with van der Waals surface area (Å²) < 4.78 is 11.2. The number of benzene rings is 1. The Morgan fingerprint density at radius 2 is 1.32 bits per heavy atom. The minimum Gasteiger partial charge on any atom is -0.445 e. The monoisotopic (exact) mass is 791 g/mol. The Labute approximate surface area is 335 Å². The summed E-state index contributed by atoms with van der Waals surface area (Å²) in [5.41, 5.74) is 7.71. The number of carbonyl (C=O) groups excluding carboxylic acids is 4. The molecule has 3 amide bonds. The van der Waals surface area contributed by atoms with E-state index < -0.39 is 67.1 Å². The molecule has 13 nitrogen and oxygen atoms in total. The summed E-state index contributed by atoms with van der Waals surface area (Å²) in [6.45, 7) is 4.72. The second-order valence-corrected chi connectivity index (χ2v) is 15.5. The number of Topliss-reactive ketones (excluding diaryl/α,β-unsaturated/α-hetero) is 1. The summed E-state index contributed by atoms with van der Waals surface area (Å²) in [4.78, 5) is 54.5. The summed E-state index contributed by atoms with van der Waals surface area (Å²) in [6, 6.07) is 7.76. The van der Waals surface area contributed by atoms with E-state index in [2.05, 4.69) is 24.5 Å². The third-order valence-corrected chi connectivity index (χ3v) is 10.7. The number of nitrogens with two attached hydrogens (primary N) is 1. The molecule has 1 saturated heterocycles. The van der Waals surface area contributed by atoms with Crippen molar-refractivity contribution in [1.82, 2.24) is 15.5 Å². The third kappa shape index (κ3) is 17.6. The van der Waals surface area contributed by atoms with Crippen molar-refractivity contribution in [1.29, 1.82) is 0 Å². The van der Waals surface area contributed by atoms with Gasteiger partial charge in [-0.15, -0.1) is 0 Å². The standard InChI is InChI=1S/C43H74N4O9/c1-4-6-8-10-12-14-16-18-20-25-29-47(37(50)28-24-19-17-15-13-11-9-7-5-2)43(44)38(41(53)40(52)35(31-48)56-43)39(51)33(3)46-36(49)30-45-42(54)55-32-34-26-22-21-23-27-34/h21-23,26-27,33,35,38,40-41,48,52-53H,4-20,24-25,28-32,44H2,1-3H3,(H,45,54)(H,46,49)/t33-,35-,38-,40-,41-,43+/m1/s1. The molecular formula is C43H74N4O9. The van der Waals surface area contributed by atoms with E-state index in [1.165, 1.54) is 69.6 Å². The van der Waals surface area contributed by atoms with Gasteiger partial charge in [0.25, 0.3) is 0 Å². The molecule has 1 aromatic carbocycles. The second-order valence-electron chi connectivity index (χ2n) is 15.5. The highest BCUT2D eigenvalue weighted by Gasteiger charge is 2.59. The first-order valence-corrected chi connectivity index (χ1v) is 21.5. The zero-order valence-electron chi connectivity index (χ0n) is 34.6. The van der Waals surface area contributed by atoms with Crippen LogP contribution in [0.25, 0.3) is 0 Å². The number of alkyl carbamates (subject to hydrolysis) is 1. The highest BCUT2D eigenvalue weighted by atomic mass is 16.6. The molecule has 1 fully saturated rings. The molecule has 6 atom stereocenters. The Kier molecular flexibility index (Phi) is 24.8. The van der Waals surface area contributed by atoms with E-state index in [1.54, 1.807) is 24.3 Å². The number of rotatable bonds is 30. The average molecular weight is 791 g/mol. The minimum atomic E-state index is -2.22. The first-order valence-electron chi connectivity index (χ1n) is 21.5. The highest BCUT2D eigenvalue weighted by molar-refractivity contribution is 5.93. The molecule has 0 saturated carbocycles. The number of ketones is 1. The molecular weight excluding hydrogens is 716 g/mol. The van der Waals surface area contributed by atoms with E-state index in [0.29, 0.717) is 12.8 Å². The van der Waals surface area contributed by atoms with Crippen LogP contribution in [0.2, 0.25) is 0 Å². The molecule has 2 rings (SSSR count). The van der Waals surface area contributed by atoms with Gasteiger partial charge in [-0.1, -0.05) is 153 Å². The quantitative estimate of drug-likeness (QED) is 0.0397. The molecule has 13 heteroatoms. The number of nitrogens with one attached hydrogen (secondary N) is 2. The van der Waals surface area contributed by atoms with Gasteiger partial charge in [-0.3, -0.25) is 20.1 Å². The molecule has 1 aliphatic rings. The molecule has 56 heavy (non-hydrogen) atoms. The van der Waals surface area contributed by atoms with Gasteiger partial charge in [-0.25, -0.2) is 4.79 Å². The van der Waals surface area contributed by atoms with E-state index in [9.17, 15) is 34.5 Å². The van der Waals surface area contributed by atoms with Crippen molar-refractivity contribution >= 4 is 23.7 Å². The first kappa shape index (κ1) is 49.0. The first-order chi connectivity index (χ1) is 27.0. The van der Waals surface area contributed by atoms with Crippen LogP contribution in [-0.2, 0) is 30.5 Å². The topological polar surface area (TPSA) is 201 Å². The Bertz CT molecular complexity index is 1260. The third-order valence-electron chi connectivity index (χ3n) is 10.7. The van der Waals surface area contributed by atoms with Crippen LogP contribution >= 0.6 is 0 Å². The van der Waals surface area contributed by atoms with Crippen molar-refractivity contribution in [3.63, 3.8) is 0 Å². The van der Waals surface area contributed by atoms with Crippen molar-refractivity contribution in [2.45, 2.75) is 186 Å². The normalized spacial score (nSPS) is 21.3. The molecule has 1 aromatic rings. The molecule has 0 unspecified atom stereocenters. The largest absolute Gasteiger partial charge is 0.445 e. The predicted octanol–water partition coefficient (Wildman–Crippen LogP) is 6.00. The van der Waals surface area contributed by atoms with Gasteiger partial charge in [0.15, 0.2) is 5.78 Å². The number of hydrogen-bond donors (Lipinski definition) is 6. The molecule has 1 aliphatic heterocycles. The van der Waals surface area contributed by atoms with Crippen molar-refractivity contribution < 1.29 is 44.0 Å². The number of nitrogens with zero attached hydrogens (tertiary/aromatic N) is 1. The molecule has 0 bridgehead atoms. The summed E-state index contributed by atoms with van der Waals surface area (Å²) in [5.74, 6) is -5.74. The van der Waals surface area contributed by atoms with Gasteiger partial charge in [0, 0.05) is 13.0 Å². The fourth-order valence-electron chi connectivity index (χ4n) is 7.33. The summed E-state index contributed by atoms with van der Waals surface area (Å²) in [6.07, 6.45) is 14.7. The molecule has 320 valence electrons. The molecule has 0 aliphatic carbocycles. The van der Waals surface area contributed by atoms with Crippen molar-refractivity contribution in [3.05, 3.63) is 35.9 Å². The Morgan fingerprint density at radius 1 is 0.804 bits per heavy atom. The Morgan fingerprint density at radius 3 is 1.86 bits per heavy atom. The smallest absolute Gasteiger partial charge is 0.407 e. The van der Waals surface area contributed by atoms with Crippen LogP contribution in [0.15, 0.2) is 30.3 Å². The van der Waals surface area contributed by atoms with E-state index in [1.807, 2.05) is 6.07 Å². The molecule has 0 aromatic heterocycles. The van der Waals surface area contributed by atoms with Gasteiger partial charge >= 0.3 is 6.09 Å². The van der Waals surface area contributed by atoms with Gasteiger partial charge in [0.2, 0.25) is 17.7 Å². The van der Waals surface area contributed by atoms with Crippen LogP contribution < -0.4 is 16.4 Å². The zero-order chi connectivity index (χ0) is 41.2. The number of hydrogen-bond acceptors (Lipinski definition) is 10. The van der Waals surface area contributed by atoms with Crippen molar-refractivity contribution in [2.75, 3.05) is 19.7 Å². The van der Waals surface area contributed by atoms with Crippen LogP contribution in [0, 0.1) is 5.92 Å². The maximum absolute atomic E-state index is 14.1. The molecule has 7 N–H and O–H groups in total. The minimum absolute atomic E-state index is 0.00592. The summed E-state index contributed by atoms with van der Waals surface area (Å²) >= 11 is 0. The van der Waals surface area contributed by atoms with Crippen LogP contribution in [-0.4, -0.2) is 93.8 Å². The van der Waals surface area contributed by atoms with E-state index >= 15 is 0 Å². The van der Waals surface area contributed by atoms with Crippen molar-refractivity contribution in [3.8, 4) is 0 Å². The van der Waals surface area contributed by atoms with Gasteiger partial charge < -0.3 is 40.3 Å². The van der Waals surface area contributed by atoms with Gasteiger partial charge in [-0.2, -0.15) is 0 Å². The fraction of sp³-hybridized carbons (Fsp3) is 0.767. The van der Waals surface area contributed by atoms with Crippen LogP contribution in [0.3, 0.4) is 0 Å². The summed E-state index contributed by atoms with van der Waals surface area (Å²) in [5, 5.41) is 37.3. The van der Waals surface area contributed by atoms with Crippen molar-refractivity contribution in [2.24, 2.45) is 11.7 Å². The lowest BCUT2D eigenvalue weighted by Gasteiger charge is -2.53. The van der Waals surface area contributed by atoms with Crippen LogP contribution in [0.4, 0.5) is 4.79 Å². The lowest BCUT2D eigenvalue weighted by molar-refractivity contribution is -0.291. The van der Waals surface area contributed by atoms with Crippen LogP contribution in [0.5, 0.6) is 0 Å². The van der Waals surface area contributed by atoms with E-state index in [4.69, 9.17) is 15.2 Å². The number of ether oxygens (including phenoxy) is 2. The van der Waals surface area contributed by atoms with Crippen LogP contribution in [0.1, 0.15) is 155 Å². The Hall–Kier alpha value is -3.10. The van der Waals surface area contributed by atoms with E-state index in [-0.39, 0.29) is 25.5 Å². The number of amides is 3. The lowest BCUT2D eigenvalue weighted by atomic mass is 9.80. The lowest BCUT2D eigenvalue weighted by Crippen LogP contribution is -2.76. The maximum Gasteiger partial charge on any atom is 0.407 e. The Balaban J connectivity index is 2.14. The van der Waals surface area contributed by atoms with Gasteiger partial charge in [0.1, 0.15) is 31.3 Å². The fourth-order valence-corrected chi connectivity index (χ4v) is 7.33. The SMILES string of the molecule is CCCCCCCCCCCCN(C(=O)CCCCCCCCCCC)[C@]1(N)O[C@H](CO)[C@@H](O)[C@H](O)[C@H]1C(=O)[C@@H](C)NC(=O)CNC(=O)OCc1ccccc1. The molecule has 1 heterocycles. The molecule has 0 spiro atoms. The van der Waals surface area contributed by atoms with Gasteiger partial charge in [0.05, 0.1) is 18.8 Å². The van der Waals surface area contributed by atoms with E-state index in [0.717, 1.165) is 56.9 Å². The van der Waals surface area contributed by atoms with Gasteiger partial charge in [-0.05, 0) is 25.3 Å². The maximum atomic E-state index is 14.1. The zero-order valence-corrected chi connectivity index (χ0v) is 34.6. The molecule has 0 radical (unpaired) electrons. The number of carbonyl (C=O) groups is 4. The average Bonchev–Trinajstić information content (AvgIpc) is 3.19.